The molecule has 0 radical (unpaired) electrons. The van der Waals surface area contributed by atoms with Crippen molar-refractivity contribution < 1.29 is 18.0 Å². The molecule has 5 nitrogen and oxygen atoms in total. The number of nitrogens with two attached hydrogens (primary N) is 1. The van der Waals surface area contributed by atoms with Crippen LogP contribution in [0.4, 0.5) is 13.2 Å². The minimum atomic E-state index is -4.57. The number of pyridine rings is 1. The standard InChI is InChI=1S/C20H15BrF3N3O2/c1-11-9-16(12-5-7-14(21)8-6-12)17(18(28)26-25)19(29)27(11)15-4-2-3-13(10-15)20(22,23)24/h2-10H,25H2,1H3,(H,26,28). The number of amides is 1. The maximum atomic E-state index is 13.2. The molecule has 1 heterocycles. The maximum absolute atomic E-state index is 13.2. The number of nitrogens with zero attached hydrogens (tertiary/aromatic N) is 1. The highest BCUT2D eigenvalue weighted by Crippen LogP contribution is 2.31. The van der Waals surface area contributed by atoms with Crippen LogP contribution in [0.3, 0.4) is 0 Å². The molecule has 150 valence electrons. The first-order valence-corrected chi connectivity index (χ1v) is 9.14. The van der Waals surface area contributed by atoms with Crippen LogP contribution in [0.15, 0.2) is 63.9 Å². The summed E-state index contributed by atoms with van der Waals surface area (Å²) >= 11 is 3.32. The lowest BCUT2D eigenvalue weighted by molar-refractivity contribution is -0.137. The van der Waals surface area contributed by atoms with Crippen LogP contribution in [0.2, 0.25) is 0 Å². The molecule has 0 unspecified atom stereocenters. The predicted octanol–water partition coefficient (Wildman–Crippen LogP) is 4.20. The van der Waals surface area contributed by atoms with Gasteiger partial charge in [-0.3, -0.25) is 19.6 Å². The average Bonchev–Trinajstić information content (AvgIpc) is 2.67. The first-order valence-electron chi connectivity index (χ1n) is 8.34. The van der Waals surface area contributed by atoms with E-state index in [2.05, 4.69) is 15.9 Å². The molecule has 29 heavy (non-hydrogen) atoms. The van der Waals surface area contributed by atoms with E-state index < -0.39 is 23.2 Å². The number of aromatic nitrogens is 1. The second-order valence-corrected chi connectivity index (χ2v) is 7.16. The topological polar surface area (TPSA) is 77.1 Å². The molecule has 9 heteroatoms. The summed E-state index contributed by atoms with van der Waals surface area (Å²) in [4.78, 5) is 25.5. The van der Waals surface area contributed by atoms with Crippen LogP contribution in [0.1, 0.15) is 21.6 Å². The molecule has 0 atom stereocenters. The Balaban J connectivity index is 2.30. The van der Waals surface area contributed by atoms with Gasteiger partial charge in [0.25, 0.3) is 11.5 Å². The van der Waals surface area contributed by atoms with Crippen molar-refractivity contribution in [3.63, 3.8) is 0 Å². The van der Waals surface area contributed by atoms with Crippen molar-refractivity contribution in [3.8, 4) is 16.8 Å². The Morgan fingerprint density at radius 3 is 2.34 bits per heavy atom. The van der Waals surface area contributed by atoms with Crippen LogP contribution in [-0.2, 0) is 6.18 Å². The maximum Gasteiger partial charge on any atom is 0.416 e. The molecular weight excluding hydrogens is 451 g/mol. The molecule has 3 aromatic rings. The fourth-order valence-corrected chi connectivity index (χ4v) is 3.29. The number of carbonyl (C=O) groups excluding carboxylic acids is 1. The van der Waals surface area contributed by atoms with Crippen LogP contribution < -0.4 is 16.8 Å². The van der Waals surface area contributed by atoms with Gasteiger partial charge in [0, 0.05) is 21.4 Å². The Labute approximate surface area is 172 Å². The second-order valence-electron chi connectivity index (χ2n) is 6.24. The van der Waals surface area contributed by atoms with Gasteiger partial charge < -0.3 is 0 Å². The number of carbonyl (C=O) groups is 1. The average molecular weight is 466 g/mol. The minimum Gasteiger partial charge on any atom is -0.290 e. The van der Waals surface area contributed by atoms with Gasteiger partial charge in [0.05, 0.1) is 5.56 Å². The highest BCUT2D eigenvalue weighted by molar-refractivity contribution is 9.10. The Bertz CT molecular complexity index is 1140. The van der Waals surface area contributed by atoms with E-state index in [0.29, 0.717) is 16.8 Å². The lowest BCUT2D eigenvalue weighted by atomic mass is 9.99. The van der Waals surface area contributed by atoms with Crippen molar-refractivity contribution in [2.75, 3.05) is 0 Å². The number of hydrogen-bond acceptors (Lipinski definition) is 3. The molecule has 0 spiro atoms. The van der Waals surface area contributed by atoms with Crippen LogP contribution in [0.25, 0.3) is 16.8 Å². The molecule has 0 fully saturated rings. The summed E-state index contributed by atoms with van der Waals surface area (Å²) in [7, 11) is 0. The highest BCUT2D eigenvalue weighted by Gasteiger charge is 2.31. The third kappa shape index (κ3) is 4.10. The zero-order valence-corrected chi connectivity index (χ0v) is 16.6. The molecule has 1 amide bonds. The lowest BCUT2D eigenvalue weighted by Gasteiger charge is -2.17. The van der Waals surface area contributed by atoms with Gasteiger partial charge in [-0.05, 0) is 48.9 Å². The summed E-state index contributed by atoms with van der Waals surface area (Å²) in [6, 6.07) is 12.8. The Kier molecular flexibility index (Phi) is 5.63. The first kappa shape index (κ1) is 20.8. The number of hydrazine groups is 1. The van der Waals surface area contributed by atoms with Crippen molar-refractivity contribution in [1.29, 1.82) is 0 Å². The molecule has 3 rings (SSSR count). The smallest absolute Gasteiger partial charge is 0.290 e. The quantitative estimate of drug-likeness (QED) is 0.345. The number of nitrogens with one attached hydrogen (secondary N) is 1. The predicted molar refractivity (Wildman–Crippen MR) is 107 cm³/mol. The van der Waals surface area contributed by atoms with E-state index in [9.17, 15) is 22.8 Å². The van der Waals surface area contributed by atoms with Gasteiger partial charge in [-0.1, -0.05) is 34.1 Å². The van der Waals surface area contributed by atoms with Gasteiger partial charge in [-0.25, -0.2) is 5.84 Å². The van der Waals surface area contributed by atoms with Crippen molar-refractivity contribution >= 4 is 21.8 Å². The van der Waals surface area contributed by atoms with E-state index >= 15 is 0 Å². The highest BCUT2D eigenvalue weighted by atomic mass is 79.9. The molecule has 0 aliphatic carbocycles. The van der Waals surface area contributed by atoms with Crippen molar-refractivity contribution in [2.45, 2.75) is 13.1 Å². The van der Waals surface area contributed by atoms with E-state index in [1.807, 2.05) is 5.43 Å². The third-order valence-electron chi connectivity index (χ3n) is 4.34. The van der Waals surface area contributed by atoms with E-state index in [0.717, 1.165) is 21.2 Å². The molecule has 3 N–H and O–H groups in total. The molecular formula is C20H15BrF3N3O2. The fourth-order valence-electron chi connectivity index (χ4n) is 3.02. The van der Waals surface area contributed by atoms with Gasteiger partial charge in [0.2, 0.25) is 0 Å². The van der Waals surface area contributed by atoms with Crippen molar-refractivity contribution in [3.05, 3.63) is 86.2 Å². The number of nitrogen functional groups attached to an aromatic ring is 1. The number of halogens is 4. The normalized spacial score (nSPS) is 11.4. The molecule has 2 aromatic carbocycles. The molecule has 0 aliphatic rings. The molecule has 0 saturated carbocycles. The van der Waals surface area contributed by atoms with E-state index in [1.54, 1.807) is 37.3 Å². The number of rotatable bonds is 3. The Morgan fingerprint density at radius 2 is 1.76 bits per heavy atom. The summed E-state index contributed by atoms with van der Waals surface area (Å²) in [5.74, 6) is 4.41. The lowest BCUT2D eigenvalue weighted by Crippen LogP contribution is -2.37. The third-order valence-corrected chi connectivity index (χ3v) is 4.87. The van der Waals surface area contributed by atoms with Gasteiger partial charge >= 0.3 is 6.18 Å². The van der Waals surface area contributed by atoms with Crippen LogP contribution in [-0.4, -0.2) is 10.5 Å². The monoisotopic (exact) mass is 465 g/mol. The molecule has 0 aliphatic heterocycles. The molecule has 0 bridgehead atoms. The van der Waals surface area contributed by atoms with Gasteiger partial charge in [0.15, 0.2) is 0 Å². The zero-order chi connectivity index (χ0) is 21.3. The van der Waals surface area contributed by atoms with Gasteiger partial charge in [0.1, 0.15) is 5.56 Å². The SMILES string of the molecule is Cc1cc(-c2ccc(Br)cc2)c(C(=O)NN)c(=O)n1-c1cccc(C(F)(F)F)c1. The zero-order valence-electron chi connectivity index (χ0n) is 15.0. The summed E-state index contributed by atoms with van der Waals surface area (Å²) in [5.41, 5.74) is 1.27. The minimum absolute atomic E-state index is 0.00393. The largest absolute Gasteiger partial charge is 0.416 e. The fraction of sp³-hybridized carbons (Fsp3) is 0.100. The Hall–Kier alpha value is -2.91. The van der Waals surface area contributed by atoms with Crippen LogP contribution in [0, 0.1) is 6.92 Å². The van der Waals surface area contributed by atoms with E-state index in [-0.39, 0.29) is 11.3 Å². The van der Waals surface area contributed by atoms with Crippen molar-refractivity contribution in [2.24, 2.45) is 5.84 Å². The number of aryl methyl sites for hydroxylation is 1. The summed E-state index contributed by atoms with van der Waals surface area (Å²) in [6.45, 7) is 1.58. The van der Waals surface area contributed by atoms with Gasteiger partial charge in [-0.15, -0.1) is 0 Å². The first-order chi connectivity index (χ1) is 13.6. The van der Waals surface area contributed by atoms with Crippen LogP contribution in [0.5, 0.6) is 0 Å². The second kappa shape index (κ2) is 7.84. The molecule has 0 saturated heterocycles. The van der Waals surface area contributed by atoms with Crippen LogP contribution >= 0.6 is 15.9 Å². The Morgan fingerprint density at radius 1 is 1.10 bits per heavy atom. The number of benzene rings is 2. The van der Waals surface area contributed by atoms with E-state index in [1.165, 1.54) is 12.1 Å². The van der Waals surface area contributed by atoms with E-state index in [4.69, 9.17) is 5.84 Å². The number of alkyl halides is 3. The van der Waals surface area contributed by atoms with Crippen molar-refractivity contribution in [1.82, 2.24) is 9.99 Å². The summed E-state index contributed by atoms with van der Waals surface area (Å²) in [6.07, 6.45) is -4.57. The summed E-state index contributed by atoms with van der Waals surface area (Å²) < 4.78 is 41.1. The summed E-state index contributed by atoms with van der Waals surface area (Å²) in [5, 5.41) is 0. The number of hydrogen-bond donors (Lipinski definition) is 2. The van der Waals surface area contributed by atoms with Gasteiger partial charge in [-0.2, -0.15) is 13.2 Å². The molecule has 1 aromatic heterocycles.